The molecule has 0 fully saturated rings. The summed E-state index contributed by atoms with van der Waals surface area (Å²) in [5, 5.41) is 4.81. The van der Waals surface area contributed by atoms with Crippen molar-refractivity contribution in [3.05, 3.63) is 76.0 Å². The number of hydrogen-bond donors (Lipinski definition) is 1. The van der Waals surface area contributed by atoms with E-state index in [-0.39, 0.29) is 11.8 Å². The number of carbonyl (C=O) groups is 1. The van der Waals surface area contributed by atoms with Gasteiger partial charge in [-0.25, -0.2) is 0 Å². The third kappa shape index (κ3) is 4.37. The van der Waals surface area contributed by atoms with E-state index in [1.54, 1.807) is 0 Å². The molecule has 30 heavy (non-hydrogen) atoms. The van der Waals surface area contributed by atoms with Crippen LogP contribution < -0.4 is 10.1 Å². The Kier molecular flexibility index (Phi) is 6.40. The van der Waals surface area contributed by atoms with Crippen LogP contribution in [-0.4, -0.2) is 22.3 Å². The lowest BCUT2D eigenvalue weighted by molar-refractivity contribution is -0.116. The number of allylic oxidation sites excluding steroid dienone is 1. The van der Waals surface area contributed by atoms with Crippen LogP contribution in [0.25, 0.3) is 0 Å². The molecule has 1 heterocycles. The normalized spacial score (nSPS) is 18.9. The molecule has 0 spiro atoms. The zero-order chi connectivity index (χ0) is 21.1. The van der Waals surface area contributed by atoms with Crippen molar-refractivity contribution >= 4 is 34.7 Å². The maximum absolute atomic E-state index is 12.8. The van der Waals surface area contributed by atoms with Gasteiger partial charge in [-0.15, -0.1) is 0 Å². The third-order valence-electron chi connectivity index (χ3n) is 5.51. The summed E-state index contributed by atoms with van der Waals surface area (Å²) in [7, 11) is 0. The maximum atomic E-state index is 12.8. The molecular formula is C24H25ClN2O2S. The molecule has 2 aliphatic rings. The molecule has 0 amide bonds. The van der Waals surface area contributed by atoms with E-state index in [0.717, 1.165) is 54.0 Å². The zero-order valence-corrected chi connectivity index (χ0v) is 18.6. The van der Waals surface area contributed by atoms with Crippen LogP contribution in [0.3, 0.4) is 0 Å². The summed E-state index contributed by atoms with van der Waals surface area (Å²) in [6, 6.07) is 15.3. The molecule has 0 saturated carbocycles. The zero-order valence-electron chi connectivity index (χ0n) is 17.0. The van der Waals surface area contributed by atoms with Crippen molar-refractivity contribution in [3.63, 3.8) is 0 Å². The molecule has 0 saturated heterocycles. The third-order valence-corrected chi connectivity index (χ3v) is 6.08. The first-order valence-corrected chi connectivity index (χ1v) is 11.2. The van der Waals surface area contributed by atoms with Gasteiger partial charge in [0.1, 0.15) is 12.4 Å². The SMILES string of the molecule is CCCN1C(=S)NC(c2ccc(OCc3cccc(Cl)c3)cc2)C2=C1CCCC2=O. The number of rotatable bonds is 6. The smallest absolute Gasteiger partial charge is 0.173 e. The monoisotopic (exact) mass is 440 g/mol. The Morgan fingerprint density at radius 1 is 1.20 bits per heavy atom. The molecule has 1 aliphatic carbocycles. The van der Waals surface area contributed by atoms with E-state index < -0.39 is 0 Å². The molecule has 4 rings (SSSR count). The van der Waals surface area contributed by atoms with Gasteiger partial charge in [-0.2, -0.15) is 0 Å². The van der Waals surface area contributed by atoms with E-state index in [4.69, 9.17) is 28.6 Å². The summed E-state index contributed by atoms with van der Waals surface area (Å²) < 4.78 is 5.90. The van der Waals surface area contributed by atoms with Crippen molar-refractivity contribution in [2.75, 3.05) is 6.54 Å². The van der Waals surface area contributed by atoms with E-state index in [1.165, 1.54) is 0 Å². The fourth-order valence-corrected chi connectivity index (χ4v) is 4.64. The Bertz CT molecular complexity index is 987. The quantitative estimate of drug-likeness (QED) is 0.595. The lowest BCUT2D eigenvalue weighted by atomic mass is 9.85. The number of nitrogens with zero attached hydrogens (tertiary/aromatic N) is 1. The molecular weight excluding hydrogens is 416 g/mol. The fraction of sp³-hybridized carbons (Fsp3) is 0.333. The summed E-state index contributed by atoms with van der Waals surface area (Å²) >= 11 is 11.7. The van der Waals surface area contributed by atoms with Crippen molar-refractivity contribution in [2.45, 2.75) is 45.3 Å². The number of nitrogens with one attached hydrogen (secondary N) is 1. The average molecular weight is 441 g/mol. The van der Waals surface area contributed by atoms with Crippen molar-refractivity contribution in [2.24, 2.45) is 0 Å². The highest BCUT2D eigenvalue weighted by atomic mass is 35.5. The molecule has 2 aromatic rings. The van der Waals surface area contributed by atoms with Gasteiger partial charge in [-0.1, -0.05) is 42.8 Å². The van der Waals surface area contributed by atoms with Gasteiger partial charge in [-0.05, 0) is 66.9 Å². The van der Waals surface area contributed by atoms with Crippen molar-refractivity contribution in [1.82, 2.24) is 10.2 Å². The van der Waals surface area contributed by atoms with Gasteiger partial charge >= 0.3 is 0 Å². The Hall–Kier alpha value is -2.37. The van der Waals surface area contributed by atoms with Gasteiger partial charge in [0.25, 0.3) is 0 Å². The second-order valence-electron chi connectivity index (χ2n) is 7.66. The highest BCUT2D eigenvalue weighted by molar-refractivity contribution is 7.80. The number of halogens is 1. The molecule has 1 unspecified atom stereocenters. The van der Waals surface area contributed by atoms with Gasteiger partial charge < -0.3 is 15.0 Å². The number of benzene rings is 2. The van der Waals surface area contributed by atoms with E-state index in [1.807, 2.05) is 48.5 Å². The minimum atomic E-state index is -0.199. The van der Waals surface area contributed by atoms with Crippen LogP contribution >= 0.6 is 23.8 Å². The van der Waals surface area contributed by atoms with Gasteiger partial charge in [0.05, 0.1) is 6.04 Å². The van der Waals surface area contributed by atoms with Crippen LogP contribution in [-0.2, 0) is 11.4 Å². The first kappa shape index (κ1) is 20.9. The molecule has 4 nitrogen and oxygen atoms in total. The van der Waals surface area contributed by atoms with Crippen LogP contribution in [0.1, 0.15) is 49.8 Å². The first-order chi connectivity index (χ1) is 14.6. The predicted octanol–water partition coefficient (Wildman–Crippen LogP) is 5.57. The number of ketones is 1. The van der Waals surface area contributed by atoms with E-state index in [2.05, 4.69) is 17.1 Å². The topological polar surface area (TPSA) is 41.6 Å². The minimum Gasteiger partial charge on any atom is -0.489 e. The van der Waals surface area contributed by atoms with Crippen molar-refractivity contribution < 1.29 is 9.53 Å². The van der Waals surface area contributed by atoms with E-state index in [0.29, 0.717) is 23.2 Å². The summed E-state index contributed by atoms with van der Waals surface area (Å²) in [4.78, 5) is 14.9. The second kappa shape index (κ2) is 9.19. The highest BCUT2D eigenvalue weighted by Gasteiger charge is 2.36. The molecule has 156 valence electrons. The highest BCUT2D eigenvalue weighted by Crippen LogP contribution is 2.37. The summed E-state index contributed by atoms with van der Waals surface area (Å²) in [6.45, 7) is 3.41. The molecule has 6 heteroatoms. The van der Waals surface area contributed by atoms with Crippen molar-refractivity contribution in [3.8, 4) is 5.75 Å². The predicted molar refractivity (Wildman–Crippen MR) is 124 cm³/mol. The lowest BCUT2D eigenvalue weighted by Gasteiger charge is -2.41. The van der Waals surface area contributed by atoms with E-state index in [9.17, 15) is 4.79 Å². The van der Waals surface area contributed by atoms with Crippen LogP contribution in [0.4, 0.5) is 0 Å². The van der Waals surface area contributed by atoms with Crippen LogP contribution in [0, 0.1) is 0 Å². The maximum Gasteiger partial charge on any atom is 0.173 e. The van der Waals surface area contributed by atoms with Gasteiger partial charge in [-0.3, -0.25) is 4.79 Å². The fourth-order valence-electron chi connectivity index (χ4n) is 4.11. The number of hydrogen-bond acceptors (Lipinski definition) is 3. The number of ether oxygens (including phenoxy) is 1. The summed E-state index contributed by atoms with van der Waals surface area (Å²) in [6.07, 6.45) is 3.38. The minimum absolute atomic E-state index is 0.199. The molecule has 1 N–H and O–H groups in total. The van der Waals surface area contributed by atoms with Gasteiger partial charge in [0.2, 0.25) is 0 Å². The average Bonchev–Trinajstić information content (AvgIpc) is 2.75. The summed E-state index contributed by atoms with van der Waals surface area (Å²) in [5.41, 5.74) is 4.01. The van der Waals surface area contributed by atoms with Crippen molar-refractivity contribution in [1.29, 1.82) is 0 Å². The van der Waals surface area contributed by atoms with Gasteiger partial charge in [0, 0.05) is 29.3 Å². The van der Waals surface area contributed by atoms with E-state index >= 15 is 0 Å². The largest absolute Gasteiger partial charge is 0.489 e. The van der Waals surface area contributed by atoms with Gasteiger partial charge in [0.15, 0.2) is 10.9 Å². The summed E-state index contributed by atoms with van der Waals surface area (Å²) in [5.74, 6) is 0.993. The molecule has 0 aromatic heterocycles. The second-order valence-corrected chi connectivity index (χ2v) is 8.48. The Morgan fingerprint density at radius 3 is 2.73 bits per heavy atom. The Morgan fingerprint density at radius 2 is 2.00 bits per heavy atom. The molecule has 2 aromatic carbocycles. The first-order valence-electron chi connectivity index (χ1n) is 10.4. The molecule has 0 bridgehead atoms. The number of thiocarbonyl (C=S) groups is 1. The lowest BCUT2D eigenvalue weighted by Crippen LogP contribution is -2.49. The Labute approximate surface area is 187 Å². The molecule has 0 radical (unpaired) electrons. The molecule has 1 atom stereocenters. The number of carbonyl (C=O) groups excluding carboxylic acids is 1. The standard InChI is InChI=1S/C24H25ClN2O2S/c1-2-13-27-20-7-4-8-21(28)22(20)23(26-24(27)30)17-9-11-19(12-10-17)29-15-16-5-3-6-18(25)14-16/h3,5-6,9-12,14,23H,2,4,7-8,13,15H2,1H3,(H,26,30). The Balaban J connectivity index is 1.55. The van der Waals surface area contributed by atoms with Crippen LogP contribution in [0.15, 0.2) is 59.8 Å². The van der Waals surface area contributed by atoms with Crippen LogP contribution in [0.5, 0.6) is 5.75 Å². The number of Topliss-reactive ketones (excluding diaryl/α,β-unsaturated/α-hetero) is 1. The van der Waals surface area contributed by atoms with Crippen LogP contribution in [0.2, 0.25) is 5.02 Å². The molecule has 1 aliphatic heterocycles.